The van der Waals surface area contributed by atoms with E-state index < -0.39 is 12.0 Å². The van der Waals surface area contributed by atoms with Crippen LogP contribution in [-0.2, 0) is 4.79 Å². The van der Waals surface area contributed by atoms with E-state index >= 15 is 0 Å². The molecule has 0 aliphatic carbocycles. The first-order valence-corrected chi connectivity index (χ1v) is 14.5. The van der Waals surface area contributed by atoms with Crippen molar-refractivity contribution in [2.45, 2.75) is 12.5 Å². The van der Waals surface area contributed by atoms with Crippen LogP contribution in [0.15, 0.2) is 118 Å². The van der Waals surface area contributed by atoms with Crippen LogP contribution in [0.5, 0.6) is 0 Å². The van der Waals surface area contributed by atoms with Crippen LogP contribution in [0.2, 0.25) is 0 Å². The molecule has 194 valence electrons. The number of fused-ring (bicyclic) bond motifs is 4. The van der Waals surface area contributed by atoms with Crippen LogP contribution in [0.4, 0.5) is 0 Å². The lowest BCUT2D eigenvalue weighted by Gasteiger charge is -2.26. The highest BCUT2D eigenvalue weighted by Gasteiger charge is 2.31. The molecular weight excluding hydrogens is 537 g/mol. The minimum absolute atomic E-state index is 0.178. The highest BCUT2D eigenvalue weighted by Crippen LogP contribution is 2.39. The van der Waals surface area contributed by atoms with E-state index in [9.17, 15) is 14.7 Å². The number of hydrogen-bond acceptors (Lipinski definition) is 5. The number of hydrogen-bond donors (Lipinski definition) is 1. The van der Waals surface area contributed by atoms with Gasteiger partial charge in [-0.25, -0.2) is 4.99 Å². The number of aliphatic carboxylic acids is 1. The van der Waals surface area contributed by atoms with E-state index in [1.807, 2.05) is 84.9 Å². The average Bonchev–Trinajstić information content (AvgIpc) is 3.50. The van der Waals surface area contributed by atoms with E-state index in [0.29, 0.717) is 20.6 Å². The second kappa shape index (κ2) is 9.86. The van der Waals surface area contributed by atoms with Gasteiger partial charge in [0.05, 0.1) is 22.7 Å². The number of carboxylic acids is 1. The lowest BCUT2D eigenvalue weighted by atomic mass is 9.91. The second-order valence-electron chi connectivity index (χ2n) is 9.66. The molecule has 40 heavy (non-hydrogen) atoms. The van der Waals surface area contributed by atoms with Gasteiger partial charge in [-0.15, -0.1) is 11.3 Å². The normalized spacial score (nSPS) is 15.4. The Balaban J connectivity index is 1.53. The van der Waals surface area contributed by atoms with Crippen LogP contribution >= 0.6 is 22.7 Å². The largest absolute Gasteiger partial charge is 0.481 e. The molecular formula is C33H22N2O3S2. The molecule has 1 unspecified atom stereocenters. The monoisotopic (exact) mass is 558 g/mol. The molecule has 0 saturated heterocycles. The third kappa shape index (κ3) is 4.20. The SMILES string of the molecule is O=C(O)CC1=C(c2ccc3sc4ccccc4c3c2)N=c2s/c(=C\c3ccccc3)c(=O)n2C1c1ccccc1. The maximum absolute atomic E-state index is 13.9. The molecule has 6 aromatic rings. The predicted molar refractivity (Wildman–Crippen MR) is 162 cm³/mol. The van der Waals surface area contributed by atoms with Gasteiger partial charge in [0.15, 0.2) is 4.80 Å². The van der Waals surface area contributed by atoms with E-state index in [4.69, 9.17) is 4.99 Å². The number of thiazole rings is 1. The van der Waals surface area contributed by atoms with Gasteiger partial charge in [0.1, 0.15) is 0 Å². The number of aromatic nitrogens is 1. The predicted octanol–water partition coefficient (Wildman–Crippen LogP) is 6.22. The molecule has 7 heteroatoms. The quantitative estimate of drug-likeness (QED) is 0.273. The van der Waals surface area contributed by atoms with Gasteiger partial charge in [-0.1, -0.05) is 96.3 Å². The van der Waals surface area contributed by atoms with Crippen LogP contribution in [0.1, 0.15) is 29.2 Å². The number of carboxylic acid groups (broad SMARTS) is 1. The number of benzene rings is 4. The topological polar surface area (TPSA) is 71.7 Å². The van der Waals surface area contributed by atoms with Gasteiger partial charge < -0.3 is 5.11 Å². The second-order valence-corrected chi connectivity index (χ2v) is 11.8. The van der Waals surface area contributed by atoms with Crippen LogP contribution in [0, 0.1) is 0 Å². The Morgan fingerprint density at radius 1 is 0.850 bits per heavy atom. The summed E-state index contributed by atoms with van der Waals surface area (Å²) in [6.07, 6.45) is 1.64. The van der Waals surface area contributed by atoms with Gasteiger partial charge >= 0.3 is 5.97 Å². The molecule has 2 aromatic heterocycles. The summed E-state index contributed by atoms with van der Waals surface area (Å²) in [5.74, 6) is -0.964. The minimum Gasteiger partial charge on any atom is -0.481 e. The van der Waals surface area contributed by atoms with Crippen LogP contribution in [0.25, 0.3) is 31.9 Å². The summed E-state index contributed by atoms with van der Waals surface area (Å²) >= 11 is 3.06. The standard InChI is InChI=1S/C33H22N2O3S2/c36-29(37)19-25-30(22-15-16-27-24(18-22)23-13-7-8-14-26(23)39-27)34-33-35(31(25)21-11-5-2-6-12-21)32(38)28(40-33)17-20-9-3-1-4-10-20/h1-18,31H,19H2,(H,36,37)/b28-17-. The van der Waals surface area contributed by atoms with Gasteiger partial charge in [-0.2, -0.15) is 0 Å². The highest BCUT2D eigenvalue weighted by molar-refractivity contribution is 7.25. The van der Waals surface area contributed by atoms with Gasteiger partial charge in [-0.3, -0.25) is 14.2 Å². The Morgan fingerprint density at radius 3 is 2.33 bits per heavy atom. The summed E-state index contributed by atoms with van der Waals surface area (Å²) < 4.78 is 4.58. The van der Waals surface area contributed by atoms with Crippen LogP contribution in [-0.4, -0.2) is 15.6 Å². The minimum atomic E-state index is -0.964. The molecule has 1 aliphatic rings. The molecule has 7 rings (SSSR count). The van der Waals surface area contributed by atoms with Crippen molar-refractivity contribution in [2.75, 3.05) is 0 Å². The molecule has 5 nitrogen and oxygen atoms in total. The van der Waals surface area contributed by atoms with E-state index in [0.717, 1.165) is 32.2 Å². The highest BCUT2D eigenvalue weighted by atomic mass is 32.1. The summed E-state index contributed by atoms with van der Waals surface area (Å²) in [4.78, 5) is 31.7. The summed E-state index contributed by atoms with van der Waals surface area (Å²) in [7, 11) is 0. The molecule has 0 bridgehead atoms. The van der Waals surface area contributed by atoms with Crippen molar-refractivity contribution in [3.63, 3.8) is 0 Å². The summed E-state index contributed by atoms with van der Waals surface area (Å²) in [5.41, 5.74) is 3.64. The number of rotatable bonds is 5. The first kappa shape index (κ1) is 24.5. The summed E-state index contributed by atoms with van der Waals surface area (Å²) in [6, 6.07) is 33.2. The van der Waals surface area contributed by atoms with E-state index in [2.05, 4.69) is 24.3 Å². The van der Waals surface area contributed by atoms with Crippen LogP contribution < -0.4 is 14.9 Å². The maximum Gasteiger partial charge on any atom is 0.307 e. The number of carbonyl (C=O) groups is 1. The van der Waals surface area contributed by atoms with E-state index in [1.165, 1.54) is 16.0 Å². The molecule has 4 aromatic carbocycles. The zero-order chi connectivity index (χ0) is 27.2. The molecule has 3 heterocycles. The van der Waals surface area contributed by atoms with Gasteiger partial charge in [0.25, 0.3) is 5.56 Å². The van der Waals surface area contributed by atoms with E-state index in [-0.39, 0.29) is 12.0 Å². The Labute approximate surface area is 236 Å². The third-order valence-corrected chi connectivity index (χ3v) is 9.28. The van der Waals surface area contributed by atoms with Crippen molar-refractivity contribution in [3.8, 4) is 0 Å². The van der Waals surface area contributed by atoms with Crippen LogP contribution in [0.3, 0.4) is 0 Å². The molecule has 1 aliphatic heterocycles. The molecule has 1 N–H and O–H groups in total. The fourth-order valence-corrected chi connectivity index (χ4v) is 7.49. The molecule has 1 atom stereocenters. The average molecular weight is 559 g/mol. The smallest absolute Gasteiger partial charge is 0.307 e. The third-order valence-electron chi connectivity index (χ3n) is 7.14. The number of nitrogens with zero attached hydrogens (tertiary/aromatic N) is 2. The van der Waals surface area contributed by atoms with Crippen molar-refractivity contribution >= 4 is 60.6 Å². The van der Waals surface area contributed by atoms with Crippen molar-refractivity contribution in [2.24, 2.45) is 4.99 Å². The lowest BCUT2D eigenvalue weighted by Crippen LogP contribution is -2.38. The van der Waals surface area contributed by atoms with Crippen molar-refractivity contribution in [1.29, 1.82) is 0 Å². The lowest BCUT2D eigenvalue weighted by molar-refractivity contribution is -0.136. The Morgan fingerprint density at radius 2 is 1.55 bits per heavy atom. The zero-order valence-electron chi connectivity index (χ0n) is 21.2. The number of thiophene rings is 1. The molecule has 0 radical (unpaired) electrons. The Hall–Kier alpha value is -4.59. The van der Waals surface area contributed by atoms with Gasteiger partial charge in [0, 0.05) is 25.7 Å². The zero-order valence-corrected chi connectivity index (χ0v) is 22.8. The molecule has 0 amide bonds. The summed E-state index contributed by atoms with van der Waals surface area (Å²) in [6.45, 7) is 0. The Bertz CT molecular complexity index is 2140. The van der Waals surface area contributed by atoms with Crippen molar-refractivity contribution in [1.82, 2.24) is 4.57 Å². The maximum atomic E-state index is 13.9. The summed E-state index contributed by atoms with van der Waals surface area (Å²) in [5, 5.41) is 12.3. The van der Waals surface area contributed by atoms with Crippen molar-refractivity contribution in [3.05, 3.63) is 145 Å². The van der Waals surface area contributed by atoms with Gasteiger partial charge in [-0.05, 0) is 41.0 Å². The van der Waals surface area contributed by atoms with Crippen molar-refractivity contribution < 1.29 is 9.90 Å². The Kier molecular flexibility index (Phi) is 6.03. The molecule has 0 spiro atoms. The van der Waals surface area contributed by atoms with E-state index in [1.54, 1.807) is 15.9 Å². The molecule has 0 saturated carbocycles. The first-order valence-electron chi connectivity index (χ1n) is 12.8. The fourth-order valence-electron chi connectivity index (χ4n) is 5.40. The van der Waals surface area contributed by atoms with Gasteiger partial charge in [0.2, 0.25) is 0 Å². The fraction of sp³-hybridized carbons (Fsp3) is 0.0606. The first-order chi connectivity index (χ1) is 19.6. The molecule has 0 fully saturated rings.